The Balaban J connectivity index is 1.58. The van der Waals surface area contributed by atoms with Gasteiger partial charge in [0.05, 0.1) is 5.56 Å². The van der Waals surface area contributed by atoms with Crippen LogP contribution in [0.1, 0.15) is 42.6 Å². The Labute approximate surface area is 182 Å². The summed E-state index contributed by atoms with van der Waals surface area (Å²) in [6.45, 7) is 4.24. The fourth-order valence-corrected chi connectivity index (χ4v) is 3.77. The molecule has 0 amide bonds. The third-order valence-corrected chi connectivity index (χ3v) is 5.45. The van der Waals surface area contributed by atoms with Gasteiger partial charge in [0.15, 0.2) is 5.78 Å². The van der Waals surface area contributed by atoms with E-state index in [1.165, 1.54) is 11.1 Å². The van der Waals surface area contributed by atoms with Crippen LogP contribution in [-0.2, 0) is 0 Å². The second-order valence-corrected chi connectivity index (χ2v) is 7.81. The molecule has 0 fully saturated rings. The first-order valence-corrected chi connectivity index (χ1v) is 10.4. The Morgan fingerprint density at radius 1 is 1.16 bits per heavy atom. The molecule has 4 heteroatoms. The predicted octanol–water partition coefficient (Wildman–Crippen LogP) is 6.26. The normalized spacial score (nSPS) is 13.2. The van der Waals surface area contributed by atoms with Gasteiger partial charge in [-0.15, -0.1) is 0 Å². The molecule has 1 aliphatic rings. The van der Waals surface area contributed by atoms with Gasteiger partial charge < -0.3 is 9.30 Å². The molecule has 2 aromatic carbocycles. The highest BCUT2D eigenvalue weighted by molar-refractivity contribution is 5.94. The molecule has 0 bridgehead atoms. The van der Waals surface area contributed by atoms with Gasteiger partial charge in [-0.05, 0) is 74.2 Å². The van der Waals surface area contributed by atoms with Gasteiger partial charge in [-0.25, -0.2) is 0 Å². The number of rotatable bonds is 6. The minimum Gasteiger partial charge on any atom is -0.489 e. The summed E-state index contributed by atoms with van der Waals surface area (Å²) in [5.41, 5.74) is 6.51. The molecule has 0 N–H and O–H groups in total. The lowest BCUT2D eigenvalue weighted by atomic mass is 10.0. The summed E-state index contributed by atoms with van der Waals surface area (Å²) < 4.78 is 7.95. The van der Waals surface area contributed by atoms with Gasteiger partial charge in [-0.2, -0.15) is 5.26 Å². The first kappa shape index (κ1) is 20.4. The number of nitriles is 1. The molecule has 4 nitrogen and oxygen atoms in total. The van der Waals surface area contributed by atoms with E-state index in [1.807, 2.05) is 53.4 Å². The van der Waals surface area contributed by atoms with Crippen molar-refractivity contribution in [3.63, 3.8) is 0 Å². The minimum atomic E-state index is 0.0319. The van der Waals surface area contributed by atoms with E-state index in [0.717, 1.165) is 35.4 Å². The van der Waals surface area contributed by atoms with Crippen molar-refractivity contribution < 1.29 is 9.53 Å². The Bertz CT molecular complexity index is 1220. The van der Waals surface area contributed by atoms with E-state index in [-0.39, 0.29) is 5.78 Å². The highest BCUT2D eigenvalue weighted by Crippen LogP contribution is 2.29. The lowest BCUT2D eigenvalue weighted by Crippen LogP contribution is -2.03. The van der Waals surface area contributed by atoms with Crippen LogP contribution >= 0.6 is 0 Å². The first-order chi connectivity index (χ1) is 15.0. The van der Waals surface area contributed by atoms with Crippen molar-refractivity contribution in [1.29, 1.82) is 5.26 Å². The van der Waals surface area contributed by atoms with Crippen LogP contribution in [0.25, 0.3) is 16.8 Å². The minimum absolute atomic E-state index is 0.0319. The summed E-state index contributed by atoms with van der Waals surface area (Å²) in [6.07, 6.45) is 10.3. The number of ether oxygens (including phenoxy) is 1. The molecule has 3 aromatic rings. The molecule has 1 heterocycles. The van der Waals surface area contributed by atoms with Crippen molar-refractivity contribution in [1.82, 2.24) is 4.57 Å². The van der Waals surface area contributed by atoms with E-state index in [4.69, 9.17) is 4.74 Å². The van der Waals surface area contributed by atoms with Gasteiger partial charge in [0.25, 0.3) is 0 Å². The van der Waals surface area contributed by atoms with Crippen LogP contribution in [0, 0.1) is 11.3 Å². The molecular formula is C27H24N2O2. The smallest absolute Gasteiger partial charge is 0.159 e. The number of ketones is 1. The number of nitrogens with zero attached hydrogens (tertiary/aromatic N) is 2. The fraction of sp³-hybridized carbons (Fsp3) is 0.185. The number of hydrogen-bond acceptors (Lipinski definition) is 3. The molecule has 0 aliphatic heterocycles. The maximum Gasteiger partial charge on any atom is 0.159 e. The quantitative estimate of drug-likeness (QED) is 0.452. The third kappa shape index (κ3) is 4.67. The fourth-order valence-electron chi connectivity index (χ4n) is 3.77. The molecule has 0 saturated carbocycles. The summed E-state index contributed by atoms with van der Waals surface area (Å²) in [5.74, 6) is 0.817. The largest absolute Gasteiger partial charge is 0.489 e. The van der Waals surface area contributed by atoms with Crippen molar-refractivity contribution in [2.24, 2.45) is 0 Å². The van der Waals surface area contributed by atoms with Crippen LogP contribution in [0.2, 0.25) is 0 Å². The Morgan fingerprint density at radius 3 is 2.68 bits per heavy atom. The summed E-state index contributed by atoms with van der Waals surface area (Å²) >= 11 is 0. The highest BCUT2D eigenvalue weighted by atomic mass is 16.5. The Kier molecular flexibility index (Phi) is 5.86. The standard InChI is InChI=1S/C27H24N2O2/c1-19-5-3-6-21(13-19)18-31-26-8-4-7-23(14-26)27-17-29(16-24(27)15-28)25-11-9-22(10-12-25)20(2)30/h4-5,7-14,16-17H,3,6,18H2,1-2H3. The number of hydrogen-bond donors (Lipinski definition) is 0. The summed E-state index contributed by atoms with van der Waals surface area (Å²) in [4.78, 5) is 11.5. The average molecular weight is 409 g/mol. The van der Waals surface area contributed by atoms with Crippen molar-refractivity contribution >= 4 is 5.78 Å². The van der Waals surface area contributed by atoms with E-state index >= 15 is 0 Å². The number of aromatic nitrogens is 1. The number of benzene rings is 2. The lowest BCUT2D eigenvalue weighted by molar-refractivity contribution is 0.101. The Morgan fingerprint density at radius 2 is 1.97 bits per heavy atom. The molecule has 1 aliphatic carbocycles. The molecule has 1 aromatic heterocycles. The predicted molar refractivity (Wildman–Crippen MR) is 122 cm³/mol. The zero-order chi connectivity index (χ0) is 21.8. The Hall–Kier alpha value is -3.84. The third-order valence-electron chi connectivity index (χ3n) is 5.45. The number of allylic oxidation sites excluding steroid dienone is 3. The SMILES string of the molecule is CC(=O)c1ccc(-n2cc(C#N)c(-c3cccc(OCC4=CC(C)=CCC4)c3)c2)cc1. The molecule has 31 heavy (non-hydrogen) atoms. The van der Waals surface area contributed by atoms with E-state index in [1.54, 1.807) is 19.1 Å². The average Bonchev–Trinajstić information content (AvgIpc) is 3.23. The van der Waals surface area contributed by atoms with E-state index < -0.39 is 0 Å². The van der Waals surface area contributed by atoms with E-state index in [0.29, 0.717) is 17.7 Å². The monoisotopic (exact) mass is 408 g/mol. The van der Waals surface area contributed by atoms with Crippen LogP contribution < -0.4 is 4.74 Å². The number of carbonyl (C=O) groups is 1. The topological polar surface area (TPSA) is 55.0 Å². The van der Waals surface area contributed by atoms with Gasteiger partial charge in [0, 0.05) is 29.2 Å². The number of Topliss-reactive ketones (excluding diaryl/α,β-unsaturated/α-hetero) is 1. The maximum atomic E-state index is 11.5. The van der Waals surface area contributed by atoms with Gasteiger partial charge in [0.2, 0.25) is 0 Å². The van der Waals surface area contributed by atoms with Crippen LogP contribution in [-0.4, -0.2) is 17.0 Å². The maximum absolute atomic E-state index is 11.5. The van der Waals surface area contributed by atoms with Crippen LogP contribution in [0.3, 0.4) is 0 Å². The zero-order valence-electron chi connectivity index (χ0n) is 17.8. The first-order valence-electron chi connectivity index (χ1n) is 10.4. The molecular weight excluding hydrogens is 384 g/mol. The van der Waals surface area contributed by atoms with Gasteiger partial charge >= 0.3 is 0 Å². The highest BCUT2D eigenvalue weighted by Gasteiger charge is 2.12. The van der Waals surface area contributed by atoms with Crippen molar-refractivity contribution in [2.75, 3.05) is 6.61 Å². The van der Waals surface area contributed by atoms with Gasteiger partial charge in [0.1, 0.15) is 18.4 Å². The summed E-state index contributed by atoms with van der Waals surface area (Å²) in [6, 6.07) is 17.5. The second kappa shape index (κ2) is 8.89. The van der Waals surface area contributed by atoms with Gasteiger partial charge in [-0.3, -0.25) is 4.79 Å². The molecule has 0 unspecified atom stereocenters. The molecule has 0 spiro atoms. The molecule has 0 atom stereocenters. The molecule has 154 valence electrons. The van der Waals surface area contributed by atoms with Crippen molar-refractivity contribution in [3.8, 4) is 28.6 Å². The second-order valence-electron chi connectivity index (χ2n) is 7.81. The number of carbonyl (C=O) groups excluding carboxylic acids is 1. The lowest BCUT2D eigenvalue weighted by Gasteiger charge is -2.13. The van der Waals surface area contributed by atoms with Crippen molar-refractivity contribution in [3.05, 3.63) is 95.3 Å². The molecule has 4 rings (SSSR count). The molecule has 0 radical (unpaired) electrons. The van der Waals surface area contributed by atoms with Gasteiger partial charge in [-0.1, -0.05) is 29.9 Å². The van der Waals surface area contributed by atoms with Crippen LogP contribution in [0.4, 0.5) is 0 Å². The van der Waals surface area contributed by atoms with Crippen LogP contribution in [0.5, 0.6) is 5.75 Å². The van der Waals surface area contributed by atoms with Crippen molar-refractivity contribution in [2.45, 2.75) is 26.7 Å². The van der Waals surface area contributed by atoms with E-state index in [9.17, 15) is 10.1 Å². The summed E-state index contributed by atoms with van der Waals surface area (Å²) in [5, 5.41) is 9.67. The summed E-state index contributed by atoms with van der Waals surface area (Å²) in [7, 11) is 0. The van der Waals surface area contributed by atoms with E-state index in [2.05, 4.69) is 25.1 Å². The van der Waals surface area contributed by atoms with Crippen LogP contribution in [0.15, 0.2) is 84.2 Å². The molecule has 0 saturated heterocycles. The zero-order valence-corrected chi connectivity index (χ0v) is 17.8.